The molecule has 1 aliphatic carbocycles. The van der Waals surface area contributed by atoms with Crippen molar-refractivity contribution >= 4 is 51.5 Å². The molecule has 1 amide bonds. The number of hydrogen-bond acceptors (Lipinski definition) is 8. The van der Waals surface area contributed by atoms with E-state index < -0.39 is 16.8 Å². The molecule has 11 heteroatoms. The third-order valence-electron chi connectivity index (χ3n) is 8.77. The molecule has 7 rings (SSSR count). The molecule has 2 bridgehead atoms. The van der Waals surface area contributed by atoms with E-state index in [9.17, 15) is 9.59 Å². The number of amides is 1. The zero-order valence-corrected chi connectivity index (χ0v) is 25.6. The van der Waals surface area contributed by atoms with E-state index in [0.717, 1.165) is 37.4 Å². The number of nitrogens with zero attached hydrogens (tertiary/aromatic N) is 5. The second-order valence-electron chi connectivity index (χ2n) is 13.1. The summed E-state index contributed by atoms with van der Waals surface area (Å²) in [4.78, 5) is 42.4. The Morgan fingerprint density at radius 2 is 1.82 bits per heavy atom. The summed E-state index contributed by atoms with van der Waals surface area (Å²) in [5.74, 6) is -0.133. The van der Waals surface area contributed by atoms with E-state index in [1.807, 2.05) is 49.9 Å². The Balaban J connectivity index is 1.30. The second kappa shape index (κ2) is 10.5. The molecule has 0 radical (unpaired) electrons. The van der Waals surface area contributed by atoms with Crippen molar-refractivity contribution in [1.29, 1.82) is 0 Å². The SMILES string of the molecule is CC(C)(C)OC(=O)N1C2CCC1CN(c1nc(OCC3(C=O)CC3)nc3c(F)c(-c4cccc5cccc(Cl)c45)ncc13)C2. The monoisotopic (exact) mass is 617 g/mol. The minimum Gasteiger partial charge on any atom is -0.462 e. The zero-order valence-electron chi connectivity index (χ0n) is 24.8. The van der Waals surface area contributed by atoms with Crippen LogP contribution in [0.5, 0.6) is 6.01 Å². The van der Waals surface area contributed by atoms with Crippen LogP contribution in [0.3, 0.4) is 0 Å². The minimum atomic E-state index is -0.615. The van der Waals surface area contributed by atoms with Gasteiger partial charge in [-0.05, 0) is 57.9 Å². The van der Waals surface area contributed by atoms with Crippen LogP contribution >= 0.6 is 11.6 Å². The normalized spacial score (nSPS) is 20.7. The molecule has 3 aliphatic rings. The highest BCUT2D eigenvalue weighted by Gasteiger charge is 2.46. The predicted molar refractivity (Wildman–Crippen MR) is 166 cm³/mol. The summed E-state index contributed by atoms with van der Waals surface area (Å²) < 4.78 is 28.3. The van der Waals surface area contributed by atoms with Crippen LogP contribution < -0.4 is 9.64 Å². The molecule has 3 fully saturated rings. The van der Waals surface area contributed by atoms with Crippen LogP contribution in [0, 0.1) is 11.2 Å². The summed E-state index contributed by atoms with van der Waals surface area (Å²) in [7, 11) is 0. The lowest BCUT2D eigenvalue weighted by Gasteiger charge is -2.42. The third kappa shape index (κ3) is 5.08. The number of rotatable bonds is 6. The number of carbonyl (C=O) groups is 2. The predicted octanol–water partition coefficient (Wildman–Crippen LogP) is 6.58. The van der Waals surface area contributed by atoms with Gasteiger partial charge in [0.05, 0.1) is 22.9 Å². The van der Waals surface area contributed by atoms with Crippen molar-refractivity contribution in [3.05, 3.63) is 53.4 Å². The Morgan fingerprint density at radius 1 is 1.11 bits per heavy atom. The first-order chi connectivity index (χ1) is 21.1. The van der Waals surface area contributed by atoms with E-state index in [0.29, 0.717) is 40.3 Å². The molecule has 2 unspecified atom stereocenters. The molecule has 2 aromatic carbocycles. The Hall–Kier alpha value is -4.05. The molecule has 2 saturated heterocycles. The van der Waals surface area contributed by atoms with Crippen molar-refractivity contribution in [2.24, 2.45) is 5.41 Å². The number of pyridine rings is 1. The van der Waals surface area contributed by atoms with Crippen LogP contribution in [0.15, 0.2) is 42.6 Å². The van der Waals surface area contributed by atoms with E-state index in [1.165, 1.54) is 0 Å². The number of hydrogen-bond donors (Lipinski definition) is 0. The summed E-state index contributed by atoms with van der Waals surface area (Å²) in [5, 5.41) is 2.50. The highest BCUT2D eigenvalue weighted by Crippen LogP contribution is 2.44. The number of carbonyl (C=O) groups excluding carboxylic acids is 2. The van der Waals surface area contributed by atoms with Crippen molar-refractivity contribution in [3.8, 4) is 17.3 Å². The van der Waals surface area contributed by atoms with Crippen molar-refractivity contribution < 1.29 is 23.5 Å². The van der Waals surface area contributed by atoms with Crippen molar-refractivity contribution in [3.63, 3.8) is 0 Å². The maximum Gasteiger partial charge on any atom is 0.410 e. The number of aromatic nitrogens is 3. The molecule has 0 N–H and O–H groups in total. The van der Waals surface area contributed by atoms with Gasteiger partial charge in [-0.1, -0.05) is 41.9 Å². The summed E-state index contributed by atoms with van der Waals surface area (Å²) in [5.41, 5.74) is -0.404. The van der Waals surface area contributed by atoms with Crippen LogP contribution in [0.1, 0.15) is 46.5 Å². The first kappa shape index (κ1) is 28.7. The minimum absolute atomic E-state index is 0.00505. The average molecular weight is 618 g/mol. The van der Waals surface area contributed by atoms with Crippen molar-refractivity contribution in [2.75, 3.05) is 24.6 Å². The van der Waals surface area contributed by atoms with Gasteiger partial charge in [-0.3, -0.25) is 9.88 Å². The molecule has 2 aromatic heterocycles. The lowest BCUT2D eigenvalue weighted by atomic mass is 10.0. The fourth-order valence-electron chi connectivity index (χ4n) is 6.36. The molecule has 44 heavy (non-hydrogen) atoms. The molecular weight excluding hydrogens is 585 g/mol. The van der Waals surface area contributed by atoms with Gasteiger partial charge in [0.15, 0.2) is 5.82 Å². The second-order valence-corrected chi connectivity index (χ2v) is 13.5. The number of halogens is 2. The number of anilines is 1. The molecule has 4 heterocycles. The van der Waals surface area contributed by atoms with Gasteiger partial charge in [0.1, 0.15) is 35.5 Å². The van der Waals surface area contributed by atoms with Gasteiger partial charge in [0.2, 0.25) is 0 Å². The summed E-state index contributed by atoms with van der Waals surface area (Å²) >= 11 is 6.57. The van der Waals surface area contributed by atoms with Crippen molar-refractivity contribution in [1.82, 2.24) is 19.9 Å². The summed E-state index contributed by atoms with van der Waals surface area (Å²) in [6, 6.07) is 10.9. The highest BCUT2D eigenvalue weighted by atomic mass is 35.5. The molecule has 2 atom stereocenters. The number of benzene rings is 2. The quantitative estimate of drug-likeness (QED) is 0.224. The molecular formula is C33H33ClFN5O4. The molecule has 9 nitrogen and oxygen atoms in total. The van der Waals surface area contributed by atoms with E-state index in [2.05, 4.69) is 14.9 Å². The molecule has 228 valence electrons. The largest absolute Gasteiger partial charge is 0.462 e. The van der Waals surface area contributed by atoms with Crippen molar-refractivity contribution in [2.45, 2.75) is 64.1 Å². The van der Waals surface area contributed by atoms with E-state index in [-0.39, 0.29) is 42.0 Å². The van der Waals surface area contributed by atoms with Crippen LogP contribution in [-0.4, -0.2) is 69.6 Å². The Labute approximate surface area is 259 Å². The maximum atomic E-state index is 16.6. The maximum absolute atomic E-state index is 16.6. The molecule has 0 spiro atoms. The van der Waals surface area contributed by atoms with Crippen LogP contribution in [-0.2, 0) is 9.53 Å². The fraction of sp³-hybridized carbons (Fsp3) is 0.424. The van der Waals surface area contributed by atoms with E-state index in [1.54, 1.807) is 18.3 Å². The van der Waals surface area contributed by atoms with Gasteiger partial charge in [-0.15, -0.1) is 0 Å². The average Bonchev–Trinajstić information content (AvgIpc) is 3.72. The fourth-order valence-corrected chi connectivity index (χ4v) is 6.64. The highest BCUT2D eigenvalue weighted by molar-refractivity contribution is 6.36. The van der Waals surface area contributed by atoms with Gasteiger partial charge in [0, 0.05) is 35.3 Å². The molecule has 4 aromatic rings. The first-order valence-electron chi connectivity index (χ1n) is 15.0. The number of piperazine rings is 1. The van der Waals surface area contributed by atoms with Crippen LogP contribution in [0.2, 0.25) is 5.02 Å². The third-order valence-corrected chi connectivity index (χ3v) is 9.08. The lowest BCUT2D eigenvalue weighted by molar-refractivity contribution is -0.113. The lowest BCUT2D eigenvalue weighted by Crippen LogP contribution is -2.57. The zero-order chi connectivity index (χ0) is 30.8. The van der Waals surface area contributed by atoms with Crippen LogP contribution in [0.4, 0.5) is 15.0 Å². The topological polar surface area (TPSA) is 97.8 Å². The van der Waals surface area contributed by atoms with E-state index >= 15 is 4.39 Å². The number of fused-ring (bicyclic) bond motifs is 4. The Kier molecular flexibility index (Phi) is 6.88. The van der Waals surface area contributed by atoms with E-state index in [4.69, 9.17) is 26.1 Å². The Morgan fingerprint density at radius 3 is 2.48 bits per heavy atom. The smallest absolute Gasteiger partial charge is 0.410 e. The standard InChI is InChI=1S/C33H33ClFN5O4/c1-32(2,3)44-31(42)40-20-10-11-21(40)16-39(15-20)29-23-14-36-27(22-8-4-6-19-7-5-9-24(34)25(19)22)26(35)28(23)37-30(38-29)43-18-33(17-41)12-13-33/h4-9,14,17,20-21H,10-13,15-16,18H2,1-3H3. The molecule has 2 aliphatic heterocycles. The summed E-state index contributed by atoms with van der Waals surface area (Å²) in [6.45, 7) is 6.67. The Bertz CT molecular complexity index is 1790. The summed E-state index contributed by atoms with van der Waals surface area (Å²) in [6.07, 6.45) is 5.30. The molecule has 1 saturated carbocycles. The van der Waals surface area contributed by atoms with Crippen LogP contribution in [0.25, 0.3) is 32.9 Å². The van der Waals surface area contributed by atoms with Gasteiger partial charge in [-0.2, -0.15) is 9.97 Å². The van der Waals surface area contributed by atoms with Gasteiger partial charge >= 0.3 is 12.1 Å². The van der Waals surface area contributed by atoms with Gasteiger partial charge < -0.3 is 19.2 Å². The number of aldehydes is 1. The van der Waals surface area contributed by atoms with Gasteiger partial charge in [-0.25, -0.2) is 9.18 Å². The number of ether oxygens (including phenoxy) is 2. The first-order valence-corrected chi connectivity index (χ1v) is 15.3. The van der Waals surface area contributed by atoms with Gasteiger partial charge in [0.25, 0.3) is 0 Å².